The van der Waals surface area contributed by atoms with Crippen LogP contribution in [0.4, 0.5) is 0 Å². The van der Waals surface area contributed by atoms with E-state index in [4.69, 9.17) is 9.47 Å². The smallest absolute Gasteiger partial charge is 0.259 e. The molecular formula is C20H13NO4. The second kappa shape index (κ2) is 4.83. The molecular weight excluding hydrogens is 318 g/mol. The first-order chi connectivity index (χ1) is 12.1. The van der Waals surface area contributed by atoms with Crippen LogP contribution in [0.3, 0.4) is 0 Å². The lowest BCUT2D eigenvalue weighted by molar-refractivity contribution is 0.0880. The van der Waals surface area contributed by atoms with Crippen LogP contribution in [-0.2, 0) is 0 Å². The molecule has 2 amide bonds. The van der Waals surface area contributed by atoms with Gasteiger partial charge in [-0.3, -0.25) is 14.9 Å². The van der Waals surface area contributed by atoms with E-state index in [2.05, 4.69) is 5.32 Å². The van der Waals surface area contributed by atoms with Crippen molar-refractivity contribution in [1.29, 1.82) is 0 Å². The van der Waals surface area contributed by atoms with Crippen molar-refractivity contribution >= 4 is 22.6 Å². The van der Waals surface area contributed by atoms with Gasteiger partial charge in [0, 0.05) is 10.9 Å². The predicted octanol–water partition coefficient (Wildman–Crippen LogP) is 3.43. The molecule has 2 aliphatic heterocycles. The van der Waals surface area contributed by atoms with Crippen LogP contribution < -0.4 is 14.8 Å². The van der Waals surface area contributed by atoms with Crippen molar-refractivity contribution in [2.45, 2.75) is 6.92 Å². The van der Waals surface area contributed by atoms with E-state index < -0.39 is 0 Å². The molecule has 5 rings (SSSR count). The fraction of sp³-hybridized carbons (Fsp3) is 0.100. The Morgan fingerprint density at radius 3 is 2.60 bits per heavy atom. The quantitative estimate of drug-likeness (QED) is 0.694. The number of hydrogen-bond donors (Lipinski definition) is 1. The number of hydrogen-bond acceptors (Lipinski definition) is 4. The Bertz CT molecular complexity index is 1100. The zero-order chi connectivity index (χ0) is 17.1. The highest BCUT2D eigenvalue weighted by molar-refractivity contribution is 6.28. The summed E-state index contributed by atoms with van der Waals surface area (Å²) in [6.07, 6.45) is 0. The summed E-state index contributed by atoms with van der Waals surface area (Å²) >= 11 is 0. The van der Waals surface area contributed by atoms with Crippen molar-refractivity contribution in [2.75, 3.05) is 6.79 Å². The molecule has 0 aromatic heterocycles. The summed E-state index contributed by atoms with van der Waals surface area (Å²) in [5.74, 6) is 0.517. The van der Waals surface area contributed by atoms with Crippen molar-refractivity contribution in [3.8, 4) is 22.6 Å². The van der Waals surface area contributed by atoms with E-state index in [0.29, 0.717) is 22.6 Å². The van der Waals surface area contributed by atoms with E-state index in [9.17, 15) is 9.59 Å². The van der Waals surface area contributed by atoms with E-state index in [1.165, 1.54) is 0 Å². The summed E-state index contributed by atoms with van der Waals surface area (Å²) in [5.41, 5.74) is 3.43. The number of carbonyl (C=O) groups excluding carboxylic acids is 2. The number of carbonyl (C=O) groups is 2. The molecule has 0 fully saturated rings. The van der Waals surface area contributed by atoms with Gasteiger partial charge in [0.05, 0.1) is 11.1 Å². The first-order valence-electron chi connectivity index (χ1n) is 7.96. The Kier molecular flexibility index (Phi) is 2.71. The van der Waals surface area contributed by atoms with Crippen LogP contribution in [0.5, 0.6) is 11.5 Å². The van der Waals surface area contributed by atoms with Gasteiger partial charge in [-0.15, -0.1) is 0 Å². The first-order valence-corrected chi connectivity index (χ1v) is 7.96. The van der Waals surface area contributed by atoms with Crippen LogP contribution in [-0.4, -0.2) is 18.6 Å². The molecule has 25 heavy (non-hydrogen) atoms. The molecule has 0 saturated carbocycles. The average molecular weight is 331 g/mol. The number of ether oxygens (including phenoxy) is 2. The minimum Gasteiger partial charge on any atom is -0.454 e. The molecule has 3 aromatic rings. The maximum absolute atomic E-state index is 12.5. The fourth-order valence-electron chi connectivity index (χ4n) is 3.62. The Morgan fingerprint density at radius 2 is 1.76 bits per heavy atom. The van der Waals surface area contributed by atoms with Gasteiger partial charge in [-0.05, 0) is 35.6 Å². The Morgan fingerprint density at radius 1 is 0.920 bits per heavy atom. The van der Waals surface area contributed by atoms with Gasteiger partial charge in [0.1, 0.15) is 0 Å². The Labute approximate surface area is 143 Å². The van der Waals surface area contributed by atoms with Crippen molar-refractivity contribution in [2.24, 2.45) is 0 Å². The topological polar surface area (TPSA) is 64.6 Å². The third kappa shape index (κ3) is 1.83. The third-order valence-corrected chi connectivity index (χ3v) is 4.75. The zero-order valence-electron chi connectivity index (χ0n) is 13.4. The molecule has 0 bridgehead atoms. The summed E-state index contributed by atoms with van der Waals surface area (Å²) < 4.78 is 11.2. The number of fused-ring (bicyclic) bond motifs is 4. The lowest BCUT2D eigenvalue weighted by Crippen LogP contribution is -2.20. The molecule has 0 radical (unpaired) electrons. The normalized spacial score (nSPS) is 14.8. The summed E-state index contributed by atoms with van der Waals surface area (Å²) in [5, 5.41) is 4.04. The standard InChI is InChI=1S/C20H13NO4/c1-10-4-2-3-5-12(10)16-15-11(6-7-14-18(15)25-9-24-14)8-13-17(16)20(23)21-19(13)22/h2-8H,9H2,1H3,(H,21,22,23). The second-order valence-corrected chi connectivity index (χ2v) is 6.17. The molecule has 0 spiro atoms. The lowest BCUT2D eigenvalue weighted by Gasteiger charge is -2.15. The summed E-state index contributed by atoms with van der Waals surface area (Å²) in [7, 11) is 0. The number of benzene rings is 3. The maximum Gasteiger partial charge on any atom is 0.259 e. The van der Waals surface area contributed by atoms with E-state index in [1.807, 2.05) is 43.3 Å². The maximum atomic E-state index is 12.5. The fourth-order valence-corrected chi connectivity index (χ4v) is 3.62. The minimum atomic E-state index is -0.378. The molecule has 5 heteroatoms. The SMILES string of the molecule is Cc1ccccc1-c1c2c(cc3ccc4c(c13)OCO4)C(=O)NC2=O. The van der Waals surface area contributed by atoms with Gasteiger partial charge >= 0.3 is 0 Å². The molecule has 0 saturated heterocycles. The van der Waals surface area contributed by atoms with E-state index in [-0.39, 0.29) is 18.6 Å². The molecule has 122 valence electrons. The van der Waals surface area contributed by atoms with E-state index in [0.717, 1.165) is 27.5 Å². The Hall–Kier alpha value is -3.34. The summed E-state index contributed by atoms with van der Waals surface area (Å²) in [6.45, 7) is 2.12. The lowest BCUT2D eigenvalue weighted by atomic mass is 9.88. The Balaban J connectivity index is 2.02. The highest BCUT2D eigenvalue weighted by atomic mass is 16.7. The molecule has 2 aliphatic rings. The monoisotopic (exact) mass is 331 g/mol. The molecule has 2 heterocycles. The van der Waals surface area contributed by atoms with Crippen LogP contribution in [0.15, 0.2) is 42.5 Å². The number of imide groups is 1. The first kappa shape index (κ1) is 14.0. The van der Waals surface area contributed by atoms with Gasteiger partial charge in [-0.25, -0.2) is 0 Å². The van der Waals surface area contributed by atoms with E-state index >= 15 is 0 Å². The molecule has 1 N–H and O–H groups in total. The van der Waals surface area contributed by atoms with Crippen molar-refractivity contribution in [1.82, 2.24) is 5.32 Å². The minimum absolute atomic E-state index is 0.143. The number of aryl methyl sites for hydroxylation is 1. The van der Waals surface area contributed by atoms with E-state index in [1.54, 1.807) is 6.07 Å². The van der Waals surface area contributed by atoms with Crippen molar-refractivity contribution in [3.05, 3.63) is 59.2 Å². The second-order valence-electron chi connectivity index (χ2n) is 6.17. The van der Waals surface area contributed by atoms with Gasteiger partial charge in [0.15, 0.2) is 11.5 Å². The highest BCUT2D eigenvalue weighted by Crippen LogP contribution is 2.47. The van der Waals surface area contributed by atoms with Gasteiger partial charge in [0.25, 0.3) is 11.8 Å². The zero-order valence-corrected chi connectivity index (χ0v) is 13.4. The van der Waals surface area contributed by atoms with Crippen molar-refractivity contribution < 1.29 is 19.1 Å². The molecule has 5 nitrogen and oxygen atoms in total. The molecule has 0 aliphatic carbocycles. The summed E-state index contributed by atoms with van der Waals surface area (Å²) in [6, 6.07) is 13.3. The van der Waals surface area contributed by atoms with Crippen molar-refractivity contribution in [3.63, 3.8) is 0 Å². The summed E-state index contributed by atoms with van der Waals surface area (Å²) in [4.78, 5) is 24.8. The molecule has 0 atom stereocenters. The third-order valence-electron chi connectivity index (χ3n) is 4.75. The highest BCUT2D eigenvalue weighted by Gasteiger charge is 2.34. The van der Waals surface area contributed by atoms with Gasteiger partial charge in [-0.1, -0.05) is 30.3 Å². The van der Waals surface area contributed by atoms with Gasteiger partial charge in [0.2, 0.25) is 6.79 Å². The van der Waals surface area contributed by atoms with Crippen LogP contribution in [0.1, 0.15) is 26.3 Å². The number of rotatable bonds is 1. The molecule has 0 unspecified atom stereocenters. The van der Waals surface area contributed by atoms with Crippen LogP contribution in [0.25, 0.3) is 21.9 Å². The average Bonchev–Trinajstić information content (AvgIpc) is 3.19. The van der Waals surface area contributed by atoms with Crippen LogP contribution >= 0.6 is 0 Å². The van der Waals surface area contributed by atoms with Crippen LogP contribution in [0, 0.1) is 6.92 Å². The largest absolute Gasteiger partial charge is 0.454 e. The van der Waals surface area contributed by atoms with Gasteiger partial charge < -0.3 is 9.47 Å². The molecule has 3 aromatic carbocycles. The number of amides is 2. The number of nitrogens with one attached hydrogen (secondary N) is 1. The predicted molar refractivity (Wildman–Crippen MR) is 92.0 cm³/mol. The van der Waals surface area contributed by atoms with Gasteiger partial charge in [-0.2, -0.15) is 0 Å². The van der Waals surface area contributed by atoms with Crippen LogP contribution in [0.2, 0.25) is 0 Å².